The Morgan fingerprint density at radius 2 is 1.71 bits per heavy atom. The quantitative estimate of drug-likeness (QED) is 0.677. The summed E-state index contributed by atoms with van der Waals surface area (Å²) in [5.41, 5.74) is 1.48. The molecule has 1 unspecified atom stereocenters. The smallest absolute Gasteiger partial charge is 0.00226 e. The van der Waals surface area contributed by atoms with Gasteiger partial charge in [-0.25, -0.2) is 0 Å². The van der Waals surface area contributed by atoms with Crippen LogP contribution < -0.4 is 5.32 Å². The maximum atomic E-state index is 3.72. The van der Waals surface area contributed by atoms with Crippen LogP contribution >= 0.6 is 0 Å². The minimum atomic E-state index is 0.637. The number of hydrogen-bond donors (Lipinski definition) is 1. The highest BCUT2D eigenvalue weighted by atomic mass is 14.9. The Bertz CT molecular complexity index is 376. The van der Waals surface area contributed by atoms with Crippen molar-refractivity contribution in [3.63, 3.8) is 0 Å². The second-order valence-electron chi connectivity index (χ2n) is 7.38. The summed E-state index contributed by atoms with van der Waals surface area (Å²) in [5.74, 6) is 3.27. The predicted octanol–water partition coefficient (Wildman–Crippen LogP) is 5.23. The maximum absolute atomic E-state index is 3.72. The first kappa shape index (κ1) is 16.5. The molecule has 1 saturated carbocycles. The molecule has 1 nitrogen and oxygen atoms in total. The first-order chi connectivity index (χ1) is 10.2. The van der Waals surface area contributed by atoms with Gasteiger partial charge in [-0.05, 0) is 42.2 Å². The van der Waals surface area contributed by atoms with Gasteiger partial charge in [0.1, 0.15) is 0 Å². The van der Waals surface area contributed by atoms with Gasteiger partial charge in [0.15, 0.2) is 0 Å². The molecule has 0 heterocycles. The second kappa shape index (κ2) is 8.58. The van der Waals surface area contributed by atoms with Crippen molar-refractivity contribution in [1.29, 1.82) is 0 Å². The number of benzene rings is 1. The third kappa shape index (κ3) is 5.47. The van der Waals surface area contributed by atoms with Crippen LogP contribution in [0.3, 0.4) is 0 Å². The molecule has 0 aliphatic heterocycles. The monoisotopic (exact) mass is 287 g/mol. The van der Waals surface area contributed by atoms with Crippen molar-refractivity contribution < 1.29 is 0 Å². The Kier molecular flexibility index (Phi) is 6.76. The summed E-state index contributed by atoms with van der Waals surface area (Å²) in [4.78, 5) is 0. The van der Waals surface area contributed by atoms with E-state index in [0.29, 0.717) is 11.8 Å². The molecule has 0 amide bonds. The fraction of sp³-hybridized carbons (Fsp3) is 0.700. The highest BCUT2D eigenvalue weighted by Crippen LogP contribution is 2.30. The number of hydrogen-bond acceptors (Lipinski definition) is 1. The zero-order valence-electron chi connectivity index (χ0n) is 14.1. The van der Waals surface area contributed by atoms with Gasteiger partial charge in [0.25, 0.3) is 0 Å². The van der Waals surface area contributed by atoms with Crippen molar-refractivity contribution >= 4 is 0 Å². The van der Waals surface area contributed by atoms with Crippen LogP contribution in [0.15, 0.2) is 30.3 Å². The number of nitrogens with one attached hydrogen (secondary N) is 1. The Balaban J connectivity index is 1.71. The summed E-state index contributed by atoms with van der Waals surface area (Å²) < 4.78 is 0. The Hall–Kier alpha value is -0.820. The predicted molar refractivity (Wildman–Crippen MR) is 92.6 cm³/mol. The van der Waals surface area contributed by atoms with Crippen molar-refractivity contribution in [2.24, 2.45) is 17.8 Å². The van der Waals surface area contributed by atoms with Gasteiger partial charge < -0.3 is 5.32 Å². The van der Waals surface area contributed by atoms with Gasteiger partial charge in [0, 0.05) is 6.54 Å². The van der Waals surface area contributed by atoms with Crippen LogP contribution in [0, 0.1) is 17.8 Å². The highest BCUT2D eigenvalue weighted by molar-refractivity contribution is 5.20. The summed E-state index contributed by atoms with van der Waals surface area (Å²) in [5, 5.41) is 3.72. The van der Waals surface area contributed by atoms with E-state index >= 15 is 0 Å². The van der Waals surface area contributed by atoms with Crippen LogP contribution in [0.1, 0.15) is 64.4 Å². The molecule has 0 aromatic heterocycles. The lowest BCUT2D eigenvalue weighted by Crippen LogP contribution is -2.27. The maximum Gasteiger partial charge on any atom is 0.00226 e. The zero-order valence-corrected chi connectivity index (χ0v) is 14.1. The largest absolute Gasteiger partial charge is 0.316 e. The Morgan fingerprint density at radius 1 is 1.05 bits per heavy atom. The molecule has 1 aliphatic carbocycles. The fourth-order valence-electron chi connectivity index (χ4n) is 3.62. The van der Waals surface area contributed by atoms with Crippen LogP contribution in [-0.2, 0) is 0 Å². The topological polar surface area (TPSA) is 12.0 Å². The van der Waals surface area contributed by atoms with Crippen LogP contribution in [0.5, 0.6) is 0 Å². The first-order valence-corrected chi connectivity index (χ1v) is 8.92. The third-order valence-corrected chi connectivity index (χ3v) is 5.26. The van der Waals surface area contributed by atoms with E-state index in [4.69, 9.17) is 0 Å². The van der Waals surface area contributed by atoms with Crippen molar-refractivity contribution in [1.82, 2.24) is 5.32 Å². The Morgan fingerprint density at radius 3 is 2.33 bits per heavy atom. The molecule has 1 aromatic rings. The molecule has 1 heteroatoms. The van der Waals surface area contributed by atoms with Gasteiger partial charge in [-0.1, -0.05) is 76.8 Å². The molecule has 1 fully saturated rings. The zero-order chi connectivity index (χ0) is 15.1. The summed E-state index contributed by atoms with van der Waals surface area (Å²) in [6.07, 6.45) is 7.17. The average Bonchev–Trinajstić information content (AvgIpc) is 2.49. The average molecular weight is 287 g/mol. The van der Waals surface area contributed by atoms with Crippen molar-refractivity contribution in [2.45, 2.75) is 58.8 Å². The first-order valence-electron chi connectivity index (χ1n) is 8.92. The van der Waals surface area contributed by atoms with Crippen LogP contribution in [-0.4, -0.2) is 13.1 Å². The van der Waals surface area contributed by atoms with Gasteiger partial charge >= 0.3 is 0 Å². The van der Waals surface area contributed by atoms with Crippen molar-refractivity contribution in [2.75, 3.05) is 13.1 Å². The lowest BCUT2D eigenvalue weighted by atomic mass is 9.81. The van der Waals surface area contributed by atoms with Crippen LogP contribution in [0.4, 0.5) is 0 Å². The molecule has 21 heavy (non-hydrogen) atoms. The molecule has 1 aliphatic rings. The van der Waals surface area contributed by atoms with E-state index in [-0.39, 0.29) is 0 Å². The molecule has 118 valence electrons. The van der Waals surface area contributed by atoms with Crippen LogP contribution in [0.25, 0.3) is 0 Å². The summed E-state index contributed by atoms with van der Waals surface area (Å²) in [6.45, 7) is 9.38. The molecule has 0 saturated heterocycles. The van der Waals surface area contributed by atoms with Gasteiger partial charge in [-0.15, -0.1) is 0 Å². The molecule has 0 spiro atoms. The van der Waals surface area contributed by atoms with E-state index in [1.165, 1.54) is 44.2 Å². The van der Waals surface area contributed by atoms with Gasteiger partial charge in [0.05, 0.1) is 0 Å². The lowest BCUT2D eigenvalue weighted by Gasteiger charge is -2.27. The van der Waals surface area contributed by atoms with E-state index in [9.17, 15) is 0 Å². The van der Waals surface area contributed by atoms with E-state index in [1.807, 2.05) is 0 Å². The SMILES string of the molecule is CC1CCC(CCNCC(c2ccccc2)C(C)C)CC1. The summed E-state index contributed by atoms with van der Waals surface area (Å²) in [7, 11) is 0. The summed E-state index contributed by atoms with van der Waals surface area (Å²) >= 11 is 0. The Labute approximate surface area is 131 Å². The molecular weight excluding hydrogens is 254 g/mol. The van der Waals surface area contributed by atoms with E-state index in [2.05, 4.69) is 56.4 Å². The van der Waals surface area contributed by atoms with Gasteiger partial charge in [-0.3, -0.25) is 0 Å². The van der Waals surface area contributed by atoms with Gasteiger partial charge in [0.2, 0.25) is 0 Å². The van der Waals surface area contributed by atoms with E-state index in [0.717, 1.165) is 18.4 Å². The van der Waals surface area contributed by atoms with E-state index < -0.39 is 0 Å². The standard InChI is InChI=1S/C20H33N/c1-16(2)20(19-7-5-4-6-8-19)15-21-14-13-18-11-9-17(3)10-12-18/h4-8,16-18,20-21H,9-15H2,1-3H3. The molecular formula is C20H33N. The molecule has 0 radical (unpaired) electrons. The second-order valence-corrected chi connectivity index (χ2v) is 7.38. The number of rotatable bonds is 7. The van der Waals surface area contributed by atoms with Crippen LogP contribution in [0.2, 0.25) is 0 Å². The van der Waals surface area contributed by atoms with Crippen molar-refractivity contribution in [3.05, 3.63) is 35.9 Å². The minimum absolute atomic E-state index is 0.637. The molecule has 0 bridgehead atoms. The highest BCUT2D eigenvalue weighted by Gasteiger charge is 2.18. The summed E-state index contributed by atoms with van der Waals surface area (Å²) in [6, 6.07) is 11.0. The fourth-order valence-corrected chi connectivity index (χ4v) is 3.62. The normalized spacial score (nSPS) is 24.2. The third-order valence-electron chi connectivity index (χ3n) is 5.26. The molecule has 1 atom stereocenters. The molecule has 2 rings (SSSR count). The van der Waals surface area contributed by atoms with Gasteiger partial charge in [-0.2, -0.15) is 0 Å². The minimum Gasteiger partial charge on any atom is -0.316 e. The molecule has 1 aromatic carbocycles. The lowest BCUT2D eigenvalue weighted by molar-refractivity contribution is 0.274. The van der Waals surface area contributed by atoms with E-state index in [1.54, 1.807) is 0 Å². The molecule has 1 N–H and O–H groups in total. The van der Waals surface area contributed by atoms with Crippen molar-refractivity contribution in [3.8, 4) is 0 Å².